The zero-order valence-electron chi connectivity index (χ0n) is 10.5. The topological polar surface area (TPSA) is 43.8 Å². The van der Waals surface area contributed by atoms with E-state index in [0.29, 0.717) is 12.3 Å². The minimum atomic E-state index is 0.198. The monoisotopic (exact) mass is 228 g/mol. The van der Waals surface area contributed by atoms with Crippen LogP contribution in [-0.2, 0) is 4.79 Å². The summed E-state index contributed by atoms with van der Waals surface area (Å²) < 4.78 is 0. The zero-order valence-corrected chi connectivity index (χ0v) is 10.5. The molecule has 4 heteroatoms. The molecule has 1 fully saturated rings. The summed E-state index contributed by atoms with van der Waals surface area (Å²) in [5.74, 6) is 0.817. The Labute approximate surface area is 98.2 Å². The zero-order chi connectivity index (χ0) is 12.0. The first-order chi connectivity index (χ1) is 7.63. The molecule has 0 saturated carbocycles. The average Bonchev–Trinajstić information content (AvgIpc) is 2.26. The number of piperidine rings is 1. The number of rotatable bonds is 5. The number of carbonyl (C=O) groups is 1. The highest BCUT2D eigenvalue weighted by Crippen LogP contribution is 2.19. The Kier molecular flexibility index (Phi) is 5.77. The van der Waals surface area contributed by atoms with E-state index in [1.54, 1.807) is 19.0 Å². The first kappa shape index (κ1) is 13.5. The van der Waals surface area contributed by atoms with Crippen molar-refractivity contribution in [1.82, 2.24) is 9.80 Å². The van der Waals surface area contributed by atoms with Crippen LogP contribution >= 0.6 is 0 Å². The van der Waals surface area contributed by atoms with Crippen LogP contribution in [0.25, 0.3) is 0 Å². The molecule has 1 unspecified atom stereocenters. The van der Waals surface area contributed by atoms with Crippen molar-refractivity contribution in [2.45, 2.75) is 25.7 Å². The van der Waals surface area contributed by atoms with Gasteiger partial charge in [-0.2, -0.15) is 0 Å². The Morgan fingerprint density at radius 1 is 1.50 bits per heavy atom. The van der Waals surface area contributed by atoms with Crippen molar-refractivity contribution >= 4 is 5.91 Å². The maximum absolute atomic E-state index is 11.5. The maximum atomic E-state index is 11.5. The Morgan fingerprint density at radius 2 is 2.25 bits per heavy atom. The third kappa shape index (κ3) is 4.49. The molecule has 0 aromatic heterocycles. The highest BCUT2D eigenvalue weighted by Gasteiger charge is 2.19. The normalized spacial score (nSPS) is 22.1. The van der Waals surface area contributed by atoms with Crippen LogP contribution < -0.4 is 0 Å². The fourth-order valence-corrected chi connectivity index (χ4v) is 2.25. The van der Waals surface area contributed by atoms with Crippen molar-refractivity contribution in [3.63, 3.8) is 0 Å². The molecule has 0 radical (unpaired) electrons. The van der Waals surface area contributed by atoms with Gasteiger partial charge in [0, 0.05) is 40.2 Å². The van der Waals surface area contributed by atoms with Crippen LogP contribution in [0.3, 0.4) is 0 Å². The predicted octanol–water partition coefficient (Wildman–Crippen LogP) is 0.559. The van der Waals surface area contributed by atoms with Gasteiger partial charge < -0.3 is 14.9 Å². The summed E-state index contributed by atoms with van der Waals surface area (Å²) in [6, 6.07) is 0. The molecule has 1 aliphatic rings. The third-order valence-electron chi connectivity index (χ3n) is 3.28. The van der Waals surface area contributed by atoms with Gasteiger partial charge in [-0.3, -0.25) is 4.79 Å². The molecule has 0 spiro atoms. The number of hydrogen-bond acceptors (Lipinski definition) is 3. The summed E-state index contributed by atoms with van der Waals surface area (Å²) in [7, 11) is 3.60. The molecular weight excluding hydrogens is 204 g/mol. The van der Waals surface area contributed by atoms with Crippen molar-refractivity contribution in [1.29, 1.82) is 0 Å². The SMILES string of the molecule is CN(C)C(=O)CCN1CCCC(CCO)C1. The smallest absolute Gasteiger partial charge is 0.223 e. The van der Waals surface area contributed by atoms with Gasteiger partial charge in [0.25, 0.3) is 0 Å². The number of nitrogens with zero attached hydrogens (tertiary/aromatic N) is 2. The van der Waals surface area contributed by atoms with Crippen molar-refractivity contribution in [2.24, 2.45) is 5.92 Å². The third-order valence-corrected chi connectivity index (χ3v) is 3.28. The van der Waals surface area contributed by atoms with Gasteiger partial charge in [-0.25, -0.2) is 0 Å². The van der Waals surface area contributed by atoms with Gasteiger partial charge in [-0.1, -0.05) is 0 Å². The molecule has 1 saturated heterocycles. The van der Waals surface area contributed by atoms with E-state index < -0.39 is 0 Å². The van der Waals surface area contributed by atoms with Crippen molar-refractivity contribution in [3.05, 3.63) is 0 Å². The van der Waals surface area contributed by atoms with E-state index in [9.17, 15) is 4.79 Å². The Bertz CT molecular complexity index is 217. The molecule has 1 amide bonds. The molecule has 1 heterocycles. The minimum absolute atomic E-state index is 0.198. The molecule has 0 aromatic rings. The molecule has 94 valence electrons. The number of aliphatic hydroxyl groups is 1. The second-order valence-corrected chi connectivity index (χ2v) is 4.86. The second kappa shape index (κ2) is 6.86. The lowest BCUT2D eigenvalue weighted by Crippen LogP contribution is -2.38. The van der Waals surface area contributed by atoms with Crippen LogP contribution in [0.1, 0.15) is 25.7 Å². The maximum Gasteiger partial charge on any atom is 0.223 e. The number of likely N-dealkylation sites (tertiary alicyclic amines) is 1. The van der Waals surface area contributed by atoms with Crippen LogP contribution in [0.5, 0.6) is 0 Å². The van der Waals surface area contributed by atoms with E-state index >= 15 is 0 Å². The predicted molar refractivity (Wildman–Crippen MR) is 64.2 cm³/mol. The van der Waals surface area contributed by atoms with Gasteiger partial charge >= 0.3 is 0 Å². The van der Waals surface area contributed by atoms with Gasteiger partial charge in [0.2, 0.25) is 5.91 Å². The average molecular weight is 228 g/mol. The highest BCUT2D eigenvalue weighted by atomic mass is 16.3. The lowest BCUT2D eigenvalue weighted by molar-refractivity contribution is -0.129. The van der Waals surface area contributed by atoms with E-state index in [4.69, 9.17) is 5.11 Å². The van der Waals surface area contributed by atoms with E-state index in [1.165, 1.54) is 12.8 Å². The summed E-state index contributed by atoms with van der Waals surface area (Å²) in [5, 5.41) is 8.92. The lowest BCUT2D eigenvalue weighted by atomic mass is 9.95. The summed E-state index contributed by atoms with van der Waals surface area (Å²) in [5.41, 5.74) is 0. The van der Waals surface area contributed by atoms with Crippen LogP contribution in [-0.4, -0.2) is 61.2 Å². The number of carbonyl (C=O) groups excluding carboxylic acids is 1. The minimum Gasteiger partial charge on any atom is -0.396 e. The fraction of sp³-hybridized carbons (Fsp3) is 0.917. The molecule has 0 bridgehead atoms. The van der Waals surface area contributed by atoms with Crippen molar-refractivity contribution in [3.8, 4) is 0 Å². The standard InChI is InChI=1S/C12H24N2O2/c1-13(2)12(16)5-8-14-7-3-4-11(10-14)6-9-15/h11,15H,3-10H2,1-2H3. The highest BCUT2D eigenvalue weighted by molar-refractivity contribution is 5.75. The Balaban J connectivity index is 2.24. The molecule has 1 aliphatic heterocycles. The molecule has 4 nitrogen and oxygen atoms in total. The number of hydrogen-bond donors (Lipinski definition) is 1. The number of aliphatic hydroxyl groups excluding tert-OH is 1. The van der Waals surface area contributed by atoms with E-state index in [-0.39, 0.29) is 12.5 Å². The van der Waals surface area contributed by atoms with Crippen molar-refractivity contribution < 1.29 is 9.90 Å². The molecule has 1 rings (SSSR count). The van der Waals surface area contributed by atoms with Crippen LogP contribution in [0, 0.1) is 5.92 Å². The summed E-state index contributed by atoms with van der Waals surface area (Å²) in [4.78, 5) is 15.5. The van der Waals surface area contributed by atoms with Gasteiger partial charge in [0.05, 0.1) is 0 Å². The first-order valence-corrected chi connectivity index (χ1v) is 6.17. The number of amides is 1. The van der Waals surface area contributed by atoms with Gasteiger partial charge in [-0.15, -0.1) is 0 Å². The summed E-state index contributed by atoms with van der Waals surface area (Å²) >= 11 is 0. The summed E-state index contributed by atoms with van der Waals surface area (Å²) in [6.07, 6.45) is 3.93. The van der Waals surface area contributed by atoms with Crippen molar-refractivity contribution in [2.75, 3.05) is 40.3 Å². The van der Waals surface area contributed by atoms with E-state index in [2.05, 4.69) is 4.90 Å². The Hall–Kier alpha value is -0.610. The van der Waals surface area contributed by atoms with Crippen LogP contribution in [0.4, 0.5) is 0 Å². The largest absolute Gasteiger partial charge is 0.396 e. The van der Waals surface area contributed by atoms with Crippen LogP contribution in [0.2, 0.25) is 0 Å². The Morgan fingerprint density at radius 3 is 2.88 bits per heavy atom. The van der Waals surface area contributed by atoms with E-state index in [1.807, 2.05) is 0 Å². The van der Waals surface area contributed by atoms with Gasteiger partial charge in [0.1, 0.15) is 0 Å². The molecule has 1 N–H and O–H groups in total. The molecule has 16 heavy (non-hydrogen) atoms. The molecule has 0 aliphatic carbocycles. The quantitative estimate of drug-likeness (QED) is 0.748. The lowest BCUT2D eigenvalue weighted by Gasteiger charge is -2.32. The van der Waals surface area contributed by atoms with Gasteiger partial charge in [-0.05, 0) is 31.7 Å². The molecule has 0 aromatic carbocycles. The van der Waals surface area contributed by atoms with Crippen LogP contribution in [0.15, 0.2) is 0 Å². The molecule has 1 atom stereocenters. The molecular formula is C12H24N2O2. The first-order valence-electron chi connectivity index (χ1n) is 6.17. The van der Waals surface area contributed by atoms with Gasteiger partial charge in [0.15, 0.2) is 0 Å². The second-order valence-electron chi connectivity index (χ2n) is 4.86. The van der Waals surface area contributed by atoms with E-state index in [0.717, 1.165) is 26.1 Å². The fourth-order valence-electron chi connectivity index (χ4n) is 2.25. The summed E-state index contributed by atoms with van der Waals surface area (Å²) in [6.45, 7) is 3.29.